The Kier molecular flexibility index (Phi) is 8.02. The van der Waals surface area contributed by atoms with Gasteiger partial charge in [0.2, 0.25) is 5.95 Å². The number of methoxy groups -OCH3 is 2. The second-order valence-corrected chi connectivity index (χ2v) is 9.82. The maximum absolute atomic E-state index is 13.6. The van der Waals surface area contributed by atoms with E-state index in [1.165, 1.54) is 34.8 Å². The summed E-state index contributed by atoms with van der Waals surface area (Å²) in [6.45, 7) is 3.70. The second kappa shape index (κ2) is 11.7. The number of tetrazole rings is 1. The molecule has 0 spiro atoms. The minimum atomic E-state index is -1.04. The predicted molar refractivity (Wildman–Crippen MR) is 159 cm³/mol. The van der Waals surface area contributed by atoms with Crippen molar-refractivity contribution in [2.24, 2.45) is 7.05 Å². The number of aromatic nitrogens is 6. The quantitative estimate of drug-likeness (QED) is 0.183. The van der Waals surface area contributed by atoms with E-state index >= 15 is 0 Å². The Morgan fingerprint density at radius 3 is 2.45 bits per heavy atom. The van der Waals surface area contributed by atoms with Crippen molar-refractivity contribution in [3.63, 3.8) is 0 Å². The number of hydrogen-bond donors (Lipinski definition) is 3. The molecule has 2 amide bonds. The number of aryl methyl sites for hydroxylation is 1. The van der Waals surface area contributed by atoms with Gasteiger partial charge in [-0.1, -0.05) is 29.8 Å². The number of rotatable bonds is 9. The molecule has 1 unspecified atom stereocenters. The number of fused-ring (bicyclic) bond motifs is 1. The second-order valence-electron chi connectivity index (χ2n) is 9.06. The van der Waals surface area contributed by atoms with Crippen LogP contribution in [0, 0.1) is 0 Å². The van der Waals surface area contributed by atoms with E-state index < -0.39 is 12.3 Å². The largest absolute Gasteiger partial charge is 0.495 e. The number of hydrogen-bond acceptors (Lipinski definition) is 11. The first-order valence-electron chi connectivity index (χ1n) is 12.4. The lowest BCUT2D eigenvalue weighted by molar-refractivity contribution is 0.251. The minimum absolute atomic E-state index is 0.0906. The fraction of sp³-hybridized carbons (Fsp3) is 0.231. The number of urea groups is 1. The number of anilines is 5. The predicted octanol–water partition coefficient (Wildman–Crippen LogP) is 4.23. The SMILES string of the molecule is C=CC(O)Nc1cc(-c2nnnn2C)ccc1Nc1ncc2c(n1)N(C)C(=O)N(c1c(Cl)c(OC)cc(OC)c1Cl)C2. The first-order chi connectivity index (χ1) is 20.2. The molecular formula is C26H26Cl2N10O4. The Bertz CT molecular complexity index is 1650. The van der Waals surface area contributed by atoms with Crippen molar-refractivity contribution in [1.29, 1.82) is 0 Å². The molecule has 1 atom stereocenters. The molecule has 3 N–H and O–H groups in total. The molecule has 1 aliphatic heterocycles. The van der Waals surface area contributed by atoms with Gasteiger partial charge in [0, 0.05) is 37.5 Å². The van der Waals surface area contributed by atoms with Gasteiger partial charge in [0.05, 0.1) is 37.8 Å². The molecule has 0 radical (unpaired) electrons. The number of ether oxygens (including phenoxy) is 2. The van der Waals surface area contributed by atoms with Gasteiger partial charge in [0.1, 0.15) is 33.6 Å². The molecule has 0 bridgehead atoms. The zero-order valence-electron chi connectivity index (χ0n) is 23.0. The zero-order valence-corrected chi connectivity index (χ0v) is 24.5. The fourth-order valence-electron chi connectivity index (χ4n) is 4.38. The summed E-state index contributed by atoms with van der Waals surface area (Å²) in [4.78, 5) is 25.4. The average molecular weight is 613 g/mol. The van der Waals surface area contributed by atoms with Gasteiger partial charge in [-0.15, -0.1) is 5.10 Å². The Morgan fingerprint density at radius 1 is 1.12 bits per heavy atom. The van der Waals surface area contributed by atoms with E-state index in [0.717, 1.165) is 0 Å². The van der Waals surface area contributed by atoms with E-state index in [2.05, 4.69) is 42.7 Å². The van der Waals surface area contributed by atoms with Gasteiger partial charge in [-0.05, 0) is 34.7 Å². The Labute approximate surface area is 250 Å². The molecule has 1 aliphatic rings. The lowest BCUT2D eigenvalue weighted by Crippen LogP contribution is -2.46. The Morgan fingerprint density at radius 2 is 1.83 bits per heavy atom. The summed E-state index contributed by atoms with van der Waals surface area (Å²) in [5.41, 5.74) is 2.64. The van der Waals surface area contributed by atoms with E-state index in [4.69, 9.17) is 32.7 Å². The number of aliphatic hydroxyl groups is 1. The van der Waals surface area contributed by atoms with Crippen LogP contribution in [0.3, 0.4) is 0 Å². The van der Waals surface area contributed by atoms with Crippen molar-refractivity contribution in [2.45, 2.75) is 12.8 Å². The van der Waals surface area contributed by atoms with Crippen molar-refractivity contribution in [3.8, 4) is 22.9 Å². The highest BCUT2D eigenvalue weighted by atomic mass is 35.5. The topological polar surface area (TPSA) is 156 Å². The summed E-state index contributed by atoms with van der Waals surface area (Å²) in [6.07, 6.45) is 1.91. The van der Waals surface area contributed by atoms with Gasteiger partial charge >= 0.3 is 6.03 Å². The van der Waals surface area contributed by atoms with Gasteiger partial charge < -0.3 is 25.2 Å². The number of nitrogens with zero attached hydrogens (tertiary/aromatic N) is 8. The van der Waals surface area contributed by atoms with Crippen molar-refractivity contribution in [3.05, 3.63) is 58.7 Å². The van der Waals surface area contributed by atoms with E-state index in [9.17, 15) is 9.90 Å². The van der Waals surface area contributed by atoms with Crippen LogP contribution in [-0.2, 0) is 13.6 Å². The number of carbonyl (C=O) groups is 1. The van der Waals surface area contributed by atoms with Gasteiger partial charge in [0.25, 0.3) is 0 Å². The van der Waals surface area contributed by atoms with Crippen molar-refractivity contribution >= 4 is 58.1 Å². The first kappa shape index (κ1) is 28.9. The average Bonchev–Trinajstić information content (AvgIpc) is 3.42. The molecular weight excluding hydrogens is 587 g/mol. The van der Waals surface area contributed by atoms with E-state index in [1.807, 2.05) is 0 Å². The highest BCUT2D eigenvalue weighted by Crippen LogP contribution is 2.47. The summed E-state index contributed by atoms with van der Waals surface area (Å²) < 4.78 is 12.2. The van der Waals surface area contributed by atoms with Crippen LogP contribution in [0.2, 0.25) is 10.0 Å². The molecule has 218 valence electrons. The molecule has 0 saturated heterocycles. The summed E-state index contributed by atoms with van der Waals surface area (Å²) in [5.74, 6) is 1.74. The van der Waals surface area contributed by atoms with Crippen LogP contribution >= 0.6 is 23.2 Å². The van der Waals surface area contributed by atoms with Gasteiger partial charge in [-0.25, -0.2) is 14.5 Å². The molecule has 5 rings (SSSR count). The van der Waals surface area contributed by atoms with Crippen LogP contribution in [0.4, 0.5) is 33.6 Å². The molecule has 2 aromatic carbocycles. The van der Waals surface area contributed by atoms with Crippen molar-refractivity contribution in [1.82, 2.24) is 30.2 Å². The van der Waals surface area contributed by atoms with Gasteiger partial charge in [-0.3, -0.25) is 9.80 Å². The van der Waals surface area contributed by atoms with Crippen LogP contribution in [0.5, 0.6) is 11.5 Å². The number of aliphatic hydroxyl groups excluding tert-OH is 1. The fourth-order valence-corrected chi connectivity index (χ4v) is 5.08. The summed E-state index contributed by atoms with van der Waals surface area (Å²) in [7, 11) is 6.22. The van der Waals surface area contributed by atoms with Crippen LogP contribution < -0.4 is 29.9 Å². The first-order valence-corrected chi connectivity index (χ1v) is 13.1. The monoisotopic (exact) mass is 612 g/mol. The van der Waals surface area contributed by atoms with E-state index in [-0.39, 0.29) is 28.2 Å². The normalized spacial score (nSPS) is 13.5. The number of amides is 2. The molecule has 3 heterocycles. The van der Waals surface area contributed by atoms with Crippen LogP contribution in [0.1, 0.15) is 5.56 Å². The number of benzene rings is 2. The standard InChI is InChI=1S/C26H26Cl2N10O4/c1-6-19(39)30-16-9-13(24-33-34-35-37(24)3)7-8-15(16)31-25-29-11-14-12-38(26(40)36(2)23(14)32-25)22-20(27)17(41-4)10-18(42-5)21(22)28/h6-11,19,30,39H,1,12H2,2-5H3,(H,29,31,32). The smallest absolute Gasteiger partial charge is 0.330 e. The summed E-state index contributed by atoms with van der Waals surface area (Å²) in [5, 5.41) is 28.2. The van der Waals surface area contributed by atoms with E-state index in [1.54, 1.807) is 44.6 Å². The lowest BCUT2D eigenvalue weighted by atomic mass is 10.1. The minimum Gasteiger partial charge on any atom is -0.495 e. The third-order valence-electron chi connectivity index (χ3n) is 6.50. The highest BCUT2D eigenvalue weighted by molar-refractivity contribution is 6.42. The third kappa shape index (κ3) is 5.22. The molecule has 0 aliphatic carbocycles. The number of nitrogens with one attached hydrogen (secondary N) is 2. The van der Waals surface area contributed by atoms with Gasteiger partial charge in [0.15, 0.2) is 5.82 Å². The van der Waals surface area contributed by atoms with Crippen LogP contribution in [0.15, 0.2) is 43.1 Å². The van der Waals surface area contributed by atoms with Gasteiger partial charge in [-0.2, -0.15) is 4.98 Å². The summed E-state index contributed by atoms with van der Waals surface area (Å²) in [6, 6.07) is 6.46. The van der Waals surface area contributed by atoms with Crippen molar-refractivity contribution < 1.29 is 19.4 Å². The molecule has 42 heavy (non-hydrogen) atoms. The zero-order chi connectivity index (χ0) is 30.1. The molecule has 4 aromatic rings. The lowest BCUT2D eigenvalue weighted by Gasteiger charge is -2.35. The molecule has 0 saturated carbocycles. The van der Waals surface area contributed by atoms with Crippen LogP contribution in [-0.4, -0.2) is 68.8 Å². The Balaban J connectivity index is 1.48. The molecule has 2 aromatic heterocycles. The highest BCUT2D eigenvalue weighted by Gasteiger charge is 2.35. The number of halogens is 2. The maximum Gasteiger partial charge on any atom is 0.330 e. The third-order valence-corrected chi connectivity index (χ3v) is 7.23. The van der Waals surface area contributed by atoms with E-state index in [0.29, 0.717) is 45.6 Å². The number of carbonyl (C=O) groups excluding carboxylic acids is 1. The molecule has 16 heteroatoms. The Hall–Kier alpha value is -4.66. The van der Waals surface area contributed by atoms with Crippen molar-refractivity contribution in [2.75, 3.05) is 41.7 Å². The molecule has 0 fully saturated rings. The molecule has 14 nitrogen and oxygen atoms in total. The summed E-state index contributed by atoms with van der Waals surface area (Å²) >= 11 is 13.2. The maximum atomic E-state index is 13.6. The van der Waals surface area contributed by atoms with Crippen LogP contribution in [0.25, 0.3) is 11.4 Å².